The van der Waals surface area contributed by atoms with Gasteiger partial charge in [-0.2, -0.15) is 17.0 Å². The van der Waals surface area contributed by atoms with Crippen LogP contribution in [0, 0.1) is 23.0 Å². The zero-order chi connectivity index (χ0) is 13.6. The summed E-state index contributed by atoms with van der Waals surface area (Å²) in [6.45, 7) is 0. The van der Waals surface area contributed by atoms with Gasteiger partial charge in [0, 0.05) is 16.1 Å². The third-order valence-electron chi connectivity index (χ3n) is 4.01. The van der Waals surface area contributed by atoms with Gasteiger partial charge in [-0.25, -0.2) is 8.78 Å². The van der Waals surface area contributed by atoms with Crippen LogP contribution in [0.5, 0.6) is 0 Å². The molecule has 100 valence electrons. The molecular weight excluding hydrogens is 268 g/mol. The Morgan fingerprint density at radius 3 is 2.37 bits per heavy atom. The quantitative estimate of drug-likeness (QED) is 0.860. The minimum Gasteiger partial charge on any atom is -0.385 e. The summed E-state index contributed by atoms with van der Waals surface area (Å²) >= 11 is 1.86. The topological polar surface area (TPSA) is 44.0 Å². The number of hydrogen-bond acceptors (Lipinski definition) is 3. The fourth-order valence-electron chi connectivity index (χ4n) is 3.16. The molecule has 1 aromatic carbocycles. The van der Waals surface area contributed by atoms with Gasteiger partial charge in [0.25, 0.3) is 0 Å². The van der Waals surface area contributed by atoms with Crippen molar-refractivity contribution >= 4 is 11.8 Å². The molecule has 2 aliphatic rings. The standard InChI is InChI=1S/C14H13F2NOS/c15-12-3-8(7-17)11(4-13(12)16)14(18)5-9-1-2-10(6-14)19-9/h3-4,9-10,18H,1-2,5-6H2. The van der Waals surface area contributed by atoms with E-state index in [1.54, 1.807) is 0 Å². The van der Waals surface area contributed by atoms with Crippen LogP contribution in [0.4, 0.5) is 8.78 Å². The molecule has 5 heteroatoms. The predicted octanol–water partition coefficient (Wildman–Crippen LogP) is 3.08. The van der Waals surface area contributed by atoms with E-state index in [4.69, 9.17) is 5.26 Å². The van der Waals surface area contributed by atoms with Crippen molar-refractivity contribution in [2.45, 2.75) is 41.8 Å². The summed E-state index contributed by atoms with van der Waals surface area (Å²) in [6, 6.07) is 3.73. The molecule has 0 radical (unpaired) electrons. The van der Waals surface area contributed by atoms with Crippen LogP contribution in [0.25, 0.3) is 0 Å². The van der Waals surface area contributed by atoms with Crippen molar-refractivity contribution in [1.82, 2.24) is 0 Å². The van der Waals surface area contributed by atoms with E-state index < -0.39 is 17.2 Å². The van der Waals surface area contributed by atoms with Gasteiger partial charge in [0.05, 0.1) is 17.2 Å². The molecule has 3 rings (SSSR count). The fourth-order valence-corrected chi connectivity index (χ4v) is 4.99. The first-order chi connectivity index (χ1) is 9.01. The van der Waals surface area contributed by atoms with Crippen LogP contribution in [0.1, 0.15) is 36.8 Å². The van der Waals surface area contributed by atoms with E-state index in [1.165, 1.54) is 0 Å². The van der Waals surface area contributed by atoms with E-state index >= 15 is 0 Å². The highest BCUT2D eigenvalue weighted by Crippen LogP contribution is 2.51. The maximum atomic E-state index is 13.4. The molecule has 19 heavy (non-hydrogen) atoms. The lowest BCUT2D eigenvalue weighted by Crippen LogP contribution is -2.35. The van der Waals surface area contributed by atoms with Crippen molar-refractivity contribution in [2.75, 3.05) is 0 Å². The summed E-state index contributed by atoms with van der Waals surface area (Å²) < 4.78 is 26.6. The van der Waals surface area contributed by atoms with Gasteiger partial charge < -0.3 is 5.11 Å². The van der Waals surface area contributed by atoms with E-state index in [-0.39, 0.29) is 11.1 Å². The van der Waals surface area contributed by atoms with Crippen LogP contribution in [0.3, 0.4) is 0 Å². The Hall–Kier alpha value is -1.12. The number of fused-ring (bicyclic) bond motifs is 2. The van der Waals surface area contributed by atoms with Crippen LogP contribution < -0.4 is 0 Å². The Morgan fingerprint density at radius 2 is 1.79 bits per heavy atom. The highest BCUT2D eigenvalue weighted by Gasteiger charge is 2.45. The van der Waals surface area contributed by atoms with Crippen molar-refractivity contribution in [3.63, 3.8) is 0 Å². The van der Waals surface area contributed by atoms with Gasteiger partial charge in [-0.05, 0) is 37.8 Å². The van der Waals surface area contributed by atoms with Crippen molar-refractivity contribution in [3.8, 4) is 6.07 Å². The lowest BCUT2D eigenvalue weighted by atomic mass is 9.83. The number of rotatable bonds is 1. The Bertz CT molecular complexity index is 557. The molecule has 0 amide bonds. The molecule has 2 fully saturated rings. The maximum absolute atomic E-state index is 13.4. The normalized spacial score (nSPS) is 33.2. The zero-order valence-electron chi connectivity index (χ0n) is 10.2. The Kier molecular flexibility index (Phi) is 3.03. The first-order valence-corrected chi connectivity index (χ1v) is 7.23. The molecule has 2 atom stereocenters. The van der Waals surface area contributed by atoms with Gasteiger partial charge >= 0.3 is 0 Å². The van der Waals surface area contributed by atoms with Crippen LogP contribution in [0.15, 0.2) is 12.1 Å². The first-order valence-electron chi connectivity index (χ1n) is 6.29. The minimum absolute atomic E-state index is 0.0349. The average molecular weight is 281 g/mol. The van der Waals surface area contributed by atoms with Crippen molar-refractivity contribution in [1.29, 1.82) is 5.26 Å². The Balaban J connectivity index is 2.06. The van der Waals surface area contributed by atoms with Crippen LogP contribution >= 0.6 is 11.8 Å². The SMILES string of the molecule is N#Cc1cc(F)c(F)cc1C1(O)CC2CCC(C1)S2. The maximum Gasteiger partial charge on any atom is 0.160 e. The molecule has 1 aromatic rings. The number of nitriles is 1. The second-order valence-electron chi connectivity index (χ2n) is 5.32. The molecule has 0 saturated carbocycles. The smallest absolute Gasteiger partial charge is 0.160 e. The van der Waals surface area contributed by atoms with Gasteiger partial charge in [-0.15, -0.1) is 0 Å². The van der Waals surface area contributed by atoms with E-state index in [0.717, 1.165) is 25.0 Å². The molecule has 2 aliphatic heterocycles. The predicted molar refractivity (Wildman–Crippen MR) is 68.6 cm³/mol. The summed E-state index contributed by atoms with van der Waals surface area (Å²) in [5, 5.41) is 20.6. The first kappa shape index (κ1) is 12.9. The number of halogens is 2. The summed E-state index contributed by atoms with van der Waals surface area (Å²) in [5.41, 5.74) is -0.921. The molecule has 2 unspecified atom stereocenters. The average Bonchev–Trinajstić information content (AvgIpc) is 2.72. The molecule has 0 aliphatic carbocycles. The van der Waals surface area contributed by atoms with E-state index in [9.17, 15) is 13.9 Å². The number of aliphatic hydroxyl groups is 1. The third kappa shape index (κ3) is 2.13. The summed E-state index contributed by atoms with van der Waals surface area (Å²) in [6.07, 6.45) is 3.11. The molecule has 0 spiro atoms. The van der Waals surface area contributed by atoms with Crippen LogP contribution in [-0.2, 0) is 5.60 Å². The second kappa shape index (κ2) is 4.46. The highest BCUT2D eigenvalue weighted by atomic mass is 32.2. The van der Waals surface area contributed by atoms with E-state index in [1.807, 2.05) is 17.8 Å². The van der Waals surface area contributed by atoms with Gasteiger partial charge in [0.2, 0.25) is 0 Å². The lowest BCUT2D eigenvalue weighted by Gasteiger charge is -2.36. The summed E-state index contributed by atoms with van der Waals surface area (Å²) in [5.74, 6) is -2.05. The van der Waals surface area contributed by atoms with E-state index in [0.29, 0.717) is 23.3 Å². The molecule has 2 nitrogen and oxygen atoms in total. The molecule has 0 aromatic heterocycles. The third-order valence-corrected chi connectivity index (χ3v) is 5.58. The van der Waals surface area contributed by atoms with E-state index in [2.05, 4.69) is 0 Å². The van der Waals surface area contributed by atoms with Gasteiger partial charge in [-0.3, -0.25) is 0 Å². The molecule has 2 heterocycles. The number of thioether (sulfide) groups is 1. The lowest BCUT2D eigenvalue weighted by molar-refractivity contribution is 0.0190. The molecule has 2 bridgehead atoms. The minimum atomic E-state index is -1.20. The Labute approximate surface area is 114 Å². The van der Waals surface area contributed by atoms with Crippen molar-refractivity contribution in [2.24, 2.45) is 0 Å². The molecule has 2 saturated heterocycles. The zero-order valence-corrected chi connectivity index (χ0v) is 11.0. The van der Waals surface area contributed by atoms with Crippen LogP contribution in [-0.4, -0.2) is 15.6 Å². The second-order valence-corrected chi connectivity index (χ2v) is 6.93. The summed E-state index contributed by atoms with van der Waals surface area (Å²) in [7, 11) is 0. The summed E-state index contributed by atoms with van der Waals surface area (Å²) in [4.78, 5) is 0. The van der Waals surface area contributed by atoms with Crippen LogP contribution in [0.2, 0.25) is 0 Å². The van der Waals surface area contributed by atoms with Gasteiger partial charge in [-0.1, -0.05) is 0 Å². The van der Waals surface area contributed by atoms with Crippen molar-refractivity contribution in [3.05, 3.63) is 34.9 Å². The number of nitrogens with zero attached hydrogens (tertiary/aromatic N) is 1. The molecule has 1 N–H and O–H groups in total. The highest BCUT2D eigenvalue weighted by molar-refractivity contribution is 8.00. The van der Waals surface area contributed by atoms with Crippen molar-refractivity contribution < 1.29 is 13.9 Å². The largest absolute Gasteiger partial charge is 0.385 e. The fraction of sp³-hybridized carbons (Fsp3) is 0.500. The van der Waals surface area contributed by atoms with Gasteiger partial charge in [0.1, 0.15) is 0 Å². The number of benzene rings is 1. The Morgan fingerprint density at radius 1 is 1.21 bits per heavy atom. The van der Waals surface area contributed by atoms with Gasteiger partial charge in [0.15, 0.2) is 11.6 Å². The number of hydrogen-bond donors (Lipinski definition) is 1. The molecular formula is C14H13F2NOS. The monoisotopic (exact) mass is 281 g/mol.